The average Bonchev–Trinajstić information content (AvgIpc) is 3.30. The summed E-state index contributed by atoms with van der Waals surface area (Å²) in [5.74, 6) is -1.20. The van der Waals surface area contributed by atoms with Crippen LogP contribution in [0.15, 0.2) is 54.1 Å². The Balaban J connectivity index is 1.87. The third kappa shape index (κ3) is 3.92. The van der Waals surface area contributed by atoms with Crippen LogP contribution in [0.1, 0.15) is 29.1 Å². The number of carbonyl (C=O) groups excluding carboxylic acids is 2. The molecule has 9 heteroatoms. The maximum absolute atomic E-state index is 13.0. The lowest BCUT2D eigenvalue weighted by Gasteiger charge is -2.22. The number of aliphatic hydroxyl groups is 1. The monoisotopic (exact) mass is 455 g/mol. The number of carbonyl (C=O) groups is 2. The standard InChI is InChI=1S/C22H18ClN3O4S/c1-3-30-16-10-6-14(7-11-16)19(27)17-18(13-4-8-15(23)9-5-13)26(21(29)20(17)28)22-25-24-12(2)31-22/h4-11,18,27H,3H2,1-2H3/t18-/m1/s1. The van der Waals surface area contributed by atoms with Gasteiger partial charge in [-0.1, -0.05) is 35.1 Å². The Morgan fingerprint density at radius 2 is 1.81 bits per heavy atom. The quantitative estimate of drug-likeness (QED) is 0.345. The second-order valence-corrected chi connectivity index (χ2v) is 8.38. The molecule has 0 aliphatic carbocycles. The van der Waals surface area contributed by atoms with Gasteiger partial charge in [0.05, 0.1) is 18.2 Å². The summed E-state index contributed by atoms with van der Waals surface area (Å²) in [5, 5.41) is 20.5. The fourth-order valence-electron chi connectivity index (χ4n) is 3.40. The van der Waals surface area contributed by atoms with Crippen LogP contribution in [0.5, 0.6) is 5.75 Å². The molecule has 158 valence electrons. The summed E-state index contributed by atoms with van der Waals surface area (Å²) in [5.41, 5.74) is 0.988. The number of anilines is 1. The SMILES string of the molecule is CCOc1ccc(C(O)=C2C(=O)C(=O)N(c3nnc(C)s3)[C@@H]2c2ccc(Cl)cc2)cc1. The van der Waals surface area contributed by atoms with E-state index in [0.29, 0.717) is 33.5 Å². The van der Waals surface area contributed by atoms with Gasteiger partial charge in [0.2, 0.25) is 5.13 Å². The molecule has 3 aromatic rings. The number of ketones is 1. The largest absolute Gasteiger partial charge is 0.507 e. The summed E-state index contributed by atoms with van der Waals surface area (Å²) in [6.45, 7) is 4.14. The van der Waals surface area contributed by atoms with Crippen molar-refractivity contribution in [3.63, 3.8) is 0 Å². The van der Waals surface area contributed by atoms with E-state index in [1.54, 1.807) is 55.5 Å². The number of hydrogen-bond donors (Lipinski definition) is 1. The molecular weight excluding hydrogens is 438 g/mol. The van der Waals surface area contributed by atoms with Gasteiger partial charge in [-0.3, -0.25) is 14.5 Å². The summed E-state index contributed by atoms with van der Waals surface area (Å²) < 4.78 is 5.43. The van der Waals surface area contributed by atoms with Gasteiger partial charge in [0, 0.05) is 10.6 Å². The van der Waals surface area contributed by atoms with E-state index in [4.69, 9.17) is 16.3 Å². The number of aliphatic hydroxyl groups excluding tert-OH is 1. The minimum Gasteiger partial charge on any atom is -0.507 e. The van der Waals surface area contributed by atoms with Gasteiger partial charge in [-0.2, -0.15) is 0 Å². The number of ether oxygens (including phenoxy) is 1. The predicted molar refractivity (Wildman–Crippen MR) is 118 cm³/mol. The predicted octanol–water partition coefficient (Wildman–Crippen LogP) is 4.52. The fourth-order valence-corrected chi connectivity index (χ4v) is 4.25. The number of hydrogen-bond acceptors (Lipinski definition) is 7. The lowest BCUT2D eigenvalue weighted by atomic mass is 9.95. The molecule has 2 aromatic carbocycles. The number of amides is 1. The number of aromatic nitrogens is 2. The van der Waals surface area contributed by atoms with Crippen LogP contribution in [0.3, 0.4) is 0 Å². The van der Waals surface area contributed by atoms with Crippen LogP contribution in [0.25, 0.3) is 5.76 Å². The lowest BCUT2D eigenvalue weighted by Crippen LogP contribution is -2.29. The molecule has 4 rings (SSSR count). The van der Waals surface area contributed by atoms with E-state index in [2.05, 4.69) is 10.2 Å². The lowest BCUT2D eigenvalue weighted by molar-refractivity contribution is -0.132. The number of halogens is 1. The summed E-state index contributed by atoms with van der Waals surface area (Å²) in [6.07, 6.45) is 0. The first-order valence-corrected chi connectivity index (χ1v) is 10.7. The van der Waals surface area contributed by atoms with Crippen molar-refractivity contribution in [3.8, 4) is 5.75 Å². The molecule has 1 saturated heterocycles. The first-order chi connectivity index (χ1) is 14.9. The van der Waals surface area contributed by atoms with E-state index in [1.807, 2.05) is 6.92 Å². The van der Waals surface area contributed by atoms with E-state index >= 15 is 0 Å². The van der Waals surface area contributed by atoms with Gasteiger partial charge in [-0.05, 0) is 55.8 Å². The second-order valence-electron chi connectivity index (χ2n) is 6.78. The fraction of sp³-hybridized carbons (Fsp3) is 0.182. The van der Waals surface area contributed by atoms with Gasteiger partial charge in [0.1, 0.15) is 16.5 Å². The van der Waals surface area contributed by atoms with Crippen molar-refractivity contribution in [1.82, 2.24) is 10.2 Å². The molecule has 7 nitrogen and oxygen atoms in total. The molecular formula is C22H18ClN3O4S. The molecule has 31 heavy (non-hydrogen) atoms. The Kier molecular flexibility index (Phi) is 5.75. The Morgan fingerprint density at radius 3 is 2.39 bits per heavy atom. The van der Waals surface area contributed by atoms with Gasteiger partial charge < -0.3 is 9.84 Å². The van der Waals surface area contributed by atoms with Gasteiger partial charge in [-0.25, -0.2) is 0 Å². The van der Waals surface area contributed by atoms with Crippen molar-refractivity contribution in [2.24, 2.45) is 0 Å². The molecule has 2 heterocycles. The molecule has 1 atom stereocenters. The van der Waals surface area contributed by atoms with Crippen LogP contribution in [0.4, 0.5) is 5.13 Å². The highest BCUT2D eigenvalue weighted by molar-refractivity contribution is 7.15. The van der Waals surface area contributed by atoms with Crippen molar-refractivity contribution < 1.29 is 19.4 Å². The topological polar surface area (TPSA) is 92.6 Å². The zero-order valence-corrected chi connectivity index (χ0v) is 18.3. The molecule has 1 aliphatic heterocycles. The summed E-state index contributed by atoms with van der Waals surface area (Å²) >= 11 is 7.22. The molecule has 1 aromatic heterocycles. The van der Waals surface area contributed by atoms with E-state index in [1.165, 1.54) is 16.2 Å². The summed E-state index contributed by atoms with van der Waals surface area (Å²) in [4.78, 5) is 27.3. The molecule has 0 radical (unpaired) electrons. The second kappa shape index (κ2) is 8.49. The van der Waals surface area contributed by atoms with Gasteiger partial charge in [0.15, 0.2) is 0 Å². The minimum atomic E-state index is -0.865. The van der Waals surface area contributed by atoms with Crippen molar-refractivity contribution in [2.45, 2.75) is 19.9 Å². The summed E-state index contributed by atoms with van der Waals surface area (Å²) in [7, 11) is 0. The van der Waals surface area contributed by atoms with Crippen LogP contribution in [-0.2, 0) is 9.59 Å². The van der Waals surface area contributed by atoms with E-state index < -0.39 is 17.7 Å². The Bertz CT molecular complexity index is 1170. The number of aryl methyl sites for hydroxylation is 1. The molecule has 1 fully saturated rings. The van der Waals surface area contributed by atoms with E-state index in [-0.39, 0.29) is 16.5 Å². The first kappa shape index (κ1) is 21.0. The molecule has 1 amide bonds. The molecule has 0 saturated carbocycles. The van der Waals surface area contributed by atoms with Crippen molar-refractivity contribution in [3.05, 3.63) is 75.3 Å². The van der Waals surface area contributed by atoms with Crippen LogP contribution in [0, 0.1) is 6.92 Å². The van der Waals surface area contributed by atoms with Crippen molar-refractivity contribution >= 4 is 45.5 Å². The zero-order chi connectivity index (χ0) is 22.1. The molecule has 0 spiro atoms. The Labute approximate surface area is 187 Å². The third-order valence-corrected chi connectivity index (χ3v) is 5.88. The first-order valence-electron chi connectivity index (χ1n) is 9.50. The minimum absolute atomic E-state index is 0.0238. The van der Waals surface area contributed by atoms with Crippen LogP contribution >= 0.6 is 22.9 Å². The normalized spacial score (nSPS) is 17.9. The smallest absolute Gasteiger partial charge is 0.301 e. The maximum Gasteiger partial charge on any atom is 0.301 e. The number of Topliss-reactive ketones (excluding diaryl/α,β-unsaturated/α-hetero) is 1. The third-order valence-electron chi connectivity index (χ3n) is 4.79. The van der Waals surface area contributed by atoms with Gasteiger partial charge in [0.25, 0.3) is 5.78 Å². The number of benzene rings is 2. The number of nitrogens with zero attached hydrogens (tertiary/aromatic N) is 3. The van der Waals surface area contributed by atoms with Crippen molar-refractivity contribution in [1.29, 1.82) is 0 Å². The Morgan fingerprint density at radius 1 is 1.13 bits per heavy atom. The molecule has 0 bridgehead atoms. The van der Waals surface area contributed by atoms with Crippen LogP contribution in [-0.4, -0.2) is 33.6 Å². The Hall–Kier alpha value is -3.23. The highest BCUT2D eigenvalue weighted by Gasteiger charge is 2.48. The average molecular weight is 456 g/mol. The molecule has 1 aliphatic rings. The molecule has 1 N–H and O–H groups in total. The maximum atomic E-state index is 13.0. The zero-order valence-electron chi connectivity index (χ0n) is 16.7. The molecule has 0 unspecified atom stereocenters. The van der Waals surface area contributed by atoms with Gasteiger partial charge >= 0.3 is 5.91 Å². The van der Waals surface area contributed by atoms with Crippen LogP contribution < -0.4 is 9.64 Å². The highest BCUT2D eigenvalue weighted by Crippen LogP contribution is 2.43. The summed E-state index contributed by atoms with van der Waals surface area (Å²) in [6, 6.07) is 12.6. The van der Waals surface area contributed by atoms with E-state index in [9.17, 15) is 14.7 Å². The highest BCUT2D eigenvalue weighted by atomic mass is 35.5. The van der Waals surface area contributed by atoms with Gasteiger partial charge in [-0.15, -0.1) is 10.2 Å². The van der Waals surface area contributed by atoms with Crippen molar-refractivity contribution in [2.75, 3.05) is 11.5 Å². The van der Waals surface area contributed by atoms with Crippen LogP contribution in [0.2, 0.25) is 5.02 Å². The van der Waals surface area contributed by atoms with E-state index in [0.717, 1.165) is 0 Å². The number of rotatable bonds is 5.